The number of hydrogen-bond donors (Lipinski definition) is 2. The van der Waals surface area contributed by atoms with Crippen LogP contribution in [-0.4, -0.2) is 16.6 Å². The van der Waals surface area contributed by atoms with E-state index in [1.54, 1.807) is 24.7 Å². The molecule has 0 amide bonds. The molecule has 0 spiro atoms. The summed E-state index contributed by atoms with van der Waals surface area (Å²) < 4.78 is 5.43. The van der Waals surface area contributed by atoms with Crippen LogP contribution in [0.3, 0.4) is 0 Å². The Morgan fingerprint density at radius 2 is 2.21 bits per heavy atom. The Balaban J connectivity index is 2.33. The second-order valence-electron chi connectivity index (χ2n) is 3.90. The maximum Gasteiger partial charge on any atom is 0.137 e. The quantitative estimate of drug-likeness (QED) is 0.498. The first-order valence-corrected chi connectivity index (χ1v) is 6.27. The molecule has 19 heavy (non-hydrogen) atoms. The van der Waals surface area contributed by atoms with Crippen LogP contribution in [0, 0.1) is 0 Å². The fraction of sp³-hybridized carbons (Fsp3) is 0.231. The van der Waals surface area contributed by atoms with E-state index in [1.165, 1.54) is 0 Å². The third-order valence-electron chi connectivity index (χ3n) is 2.63. The van der Waals surface area contributed by atoms with Crippen LogP contribution in [0.25, 0.3) is 0 Å². The number of hydrogen-bond acceptors (Lipinski definition) is 5. The van der Waals surface area contributed by atoms with Gasteiger partial charge in [0.05, 0.1) is 18.8 Å². The standard InChI is InChI=1S/C13H15ClN4O/c1-2-19-11-5-10(7-16-8-11)13(18-15)9-3-4-17-12(14)6-9/h3-8,13,18H,2,15H2,1H3. The van der Waals surface area contributed by atoms with Crippen LogP contribution in [0.4, 0.5) is 0 Å². The lowest BCUT2D eigenvalue weighted by molar-refractivity contribution is 0.338. The number of aromatic nitrogens is 2. The zero-order valence-corrected chi connectivity index (χ0v) is 11.3. The van der Waals surface area contributed by atoms with Crippen molar-refractivity contribution in [2.24, 2.45) is 5.84 Å². The SMILES string of the molecule is CCOc1cncc(C(NN)c2ccnc(Cl)c2)c1. The number of ether oxygens (including phenoxy) is 1. The molecule has 3 N–H and O–H groups in total. The van der Waals surface area contributed by atoms with Crippen molar-refractivity contribution in [3.8, 4) is 5.75 Å². The topological polar surface area (TPSA) is 73.1 Å². The molecule has 0 radical (unpaired) electrons. The molecule has 0 aliphatic heterocycles. The van der Waals surface area contributed by atoms with Gasteiger partial charge in [-0.15, -0.1) is 0 Å². The molecule has 100 valence electrons. The average Bonchev–Trinajstić information content (AvgIpc) is 2.41. The van der Waals surface area contributed by atoms with Gasteiger partial charge >= 0.3 is 0 Å². The maximum atomic E-state index is 5.89. The Kier molecular flexibility index (Phi) is 4.68. The number of hydrazine groups is 1. The summed E-state index contributed by atoms with van der Waals surface area (Å²) in [4.78, 5) is 8.10. The number of nitrogens with zero attached hydrogens (tertiary/aromatic N) is 2. The molecule has 2 aromatic rings. The summed E-state index contributed by atoms with van der Waals surface area (Å²) in [5.74, 6) is 6.34. The molecule has 0 saturated heterocycles. The van der Waals surface area contributed by atoms with Crippen molar-refractivity contribution in [2.75, 3.05) is 6.61 Å². The van der Waals surface area contributed by atoms with Crippen molar-refractivity contribution in [1.29, 1.82) is 0 Å². The van der Waals surface area contributed by atoms with Gasteiger partial charge < -0.3 is 4.74 Å². The van der Waals surface area contributed by atoms with E-state index >= 15 is 0 Å². The van der Waals surface area contributed by atoms with Crippen molar-refractivity contribution in [3.05, 3.63) is 53.1 Å². The minimum absolute atomic E-state index is 0.214. The fourth-order valence-electron chi connectivity index (χ4n) is 1.82. The molecular weight excluding hydrogens is 264 g/mol. The molecule has 2 heterocycles. The summed E-state index contributed by atoms with van der Waals surface area (Å²) in [6, 6.07) is 5.30. The van der Waals surface area contributed by atoms with Crippen molar-refractivity contribution >= 4 is 11.6 Å². The predicted molar refractivity (Wildman–Crippen MR) is 73.8 cm³/mol. The van der Waals surface area contributed by atoms with E-state index < -0.39 is 0 Å². The Hall–Kier alpha value is -1.69. The predicted octanol–water partition coefficient (Wildman–Crippen LogP) is 2.08. The zero-order chi connectivity index (χ0) is 13.7. The summed E-state index contributed by atoms with van der Waals surface area (Å²) in [5, 5.41) is 0.423. The Bertz CT molecular complexity index is 550. The van der Waals surface area contributed by atoms with E-state index in [9.17, 15) is 0 Å². The van der Waals surface area contributed by atoms with Crippen LogP contribution >= 0.6 is 11.6 Å². The molecule has 2 aromatic heterocycles. The highest BCUT2D eigenvalue weighted by atomic mass is 35.5. The lowest BCUT2D eigenvalue weighted by Crippen LogP contribution is -2.29. The molecule has 6 heteroatoms. The Morgan fingerprint density at radius 1 is 1.37 bits per heavy atom. The van der Waals surface area contributed by atoms with Crippen molar-refractivity contribution in [3.63, 3.8) is 0 Å². The molecule has 5 nitrogen and oxygen atoms in total. The van der Waals surface area contributed by atoms with E-state index in [-0.39, 0.29) is 6.04 Å². The van der Waals surface area contributed by atoms with Crippen molar-refractivity contribution in [2.45, 2.75) is 13.0 Å². The largest absolute Gasteiger partial charge is 0.492 e. The second-order valence-corrected chi connectivity index (χ2v) is 4.29. The van der Waals surface area contributed by atoms with Gasteiger partial charge in [0, 0.05) is 12.4 Å². The van der Waals surface area contributed by atoms with E-state index in [4.69, 9.17) is 22.2 Å². The smallest absolute Gasteiger partial charge is 0.137 e. The number of nitrogens with one attached hydrogen (secondary N) is 1. The van der Waals surface area contributed by atoms with Gasteiger partial charge in [0.1, 0.15) is 10.9 Å². The third-order valence-corrected chi connectivity index (χ3v) is 2.84. The number of rotatable bonds is 5. The molecule has 2 rings (SSSR count). The molecule has 1 unspecified atom stereocenters. The van der Waals surface area contributed by atoms with Gasteiger partial charge in [-0.05, 0) is 36.2 Å². The molecule has 0 fully saturated rings. The van der Waals surface area contributed by atoms with Crippen LogP contribution in [-0.2, 0) is 0 Å². The normalized spacial score (nSPS) is 12.2. The maximum absolute atomic E-state index is 5.89. The molecule has 0 aromatic carbocycles. The summed E-state index contributed by atoms with van der Waals surface area (Å²) >= 11 is 5.89. The first-order chi connectivity index (χ1) is 9.24. The van der Waals surface area contributed by atoms with Crippen LogP contribution < -0.4 is 16.0 Å². The van der Waals surface area contributed by atoms with Crippen molar-refractivity contribution in [1.82, 2.24) is 15.4 Å². The van der Waals surface area contributed by atoms with Crippen LogP contribution in [0.2, 0.25) is 5.15 Å². The first-order valence-electron chi connectivity index (χ1n) is 5.90. The van der Waals surface area contributed by atoms with Gasteiger partial charge in [0.25, 0.3) is 0 Å². The highest BCUT2D eigenvalue weighted by Gasteiger charge is 2.14. The van der Waals surface area contributed by atoms with Gasteiger partial charge in [-0.3, -0.25) is 10.8 Å². The Labute approximate surface area is 116 Å². The highest BCUT2D eigenvalue weighted by Crippen LogP contribution is 2.24. The minimum atomic E-state index is -0.214. The molecule has 0 aliphatic carbocycles. The molecule has 0 saturated carbocycles. The van der Waals surface area contributed by atoms with E-state index in [0.29, 0.717) is 17.5 Å². The van der Waals surface area contributed by atoms with Gasteiger partial charge in [0.15, 0.2) is 0 Å². The second kappa shape index (κ2) is 6.47. The van der Waals surface area contributed by atoms with E-state index in [0.717, 1.165) is 11.1 Å². The molecular formula is C13H15ClN4O. The van der Waals surface area contributed by atoms with Gasteiger partial charge in [0.2, 0.25) is 0 Å². The highest BCUT2D eigenvalue weighted by molar-refractivity contribution is 6.29. The summed E-state index contributed by atoms with van der Waals surface area (Å²) in [6.07, 6.45) is 5.04. The lowest BCUT2D eigenvalue weighted by Gasteiger charge is -2.17. The van der Waals surface area contributed by atoms with Gasteiger partial charge in [-0.1, -0.05) is 11.6 Å². The summed E-state index contributed by atoms with van der Waals surface area (Å²) in [6.45, 7) is 2.51. The van der Waals surface area contributed by atoms with E-state index in [1.807, 2.05) is 19.1 Å². The summed E-state index contributed by atoms with van der Waals surface area (Å²) in [7, 11) is 0. The number of nitrogens with two attached hydrogens (primary N) is 1. The van der Waals surface area contributed by atoms with E-state index in [2.05, 4.69) is 15.4 Å². The summed E-state index contributed by atoms with van der Waals surface area (Å²) in [5.41, 5.74) is 4.56. The first kappa shape index (κ1) is 13.7. The zero-order valence-electron chi connectivity index (χ0n) is 10.5. The number of halogens is 1. The molecule has 0 aliphatic rings. The lowest BCUT2D eigenvalue weighted by atomic mass is 10.0. The third kappa shape index (κ3) is 3.41. The monoisotopic (exact) mass is 278 g/mol. The van der Waals surface area contributed by atoms with Crippen LogP contribution in [0.1, 0.15) is 24.1 Å². The Morgan fingerprint density at radius 3 is 2.89 bits per heavy atom. The van der Waals surface area contributed by atoms with Gasteiger partial charge in [-0.25, -0.2) is 10.4 Å². The van der Waals surface area contributed by atoms with Crippen molar-refractivity contribution < 1.29 is 4.74 Å². The van der Waals surface area contributed by atoms with Crippen LogP contribution in [0.15, 0.2) is 36.8 Å². The van der Waals surface area contributed by atoms with Gasteiger partial charge in [-0.2, -0.15) is 0 Å². The molecule has 1 atom stereocenters. The fourth-order valence-corrected chi connectivity index (χ4v) is 2.00. The minimum Gasteiger partial charge on any atom is -0.492 e. The average molecular weight is 279 g/mol. The van der Waals surface area contributed by atoms with Crippen LogP contribution in [0.5, 0.6) is 5.75 Å². The number of pyridine rings is 2. The molecule has 0 bridgehead atoms.